The van der Waals surface area contributed by atoms with Crippen LogP contribution in [0.4, 0.5) is 13.2 Å². The van der Waals surface area contributed by atoms with Crippen LogP contribution in [0.15, 0.2) is 0 Å². The van der Waals surface area contributed by atoms with Crippen LogP contribution in [0, 0.1) is 5.92 Å². The lowest BCUT2D eigenvalue weighted by Gasteiger charge is -2.38. The van der Waals surface area contributed by atoms with E-state index in [1.165, 1.54) is 0 Å². The highest BCUT2D eigenvalue weighted by Gasteiger charge is 2.49. The molecule has 1 spiro atoms. The van der Waals surface area contributed by atoms with Crippen LogP contribution in [0.2, 0.25) is 0 Å². The zero-order valence-corrected chi connectivity index (χ0v) is 9.55. The van der Waals surface area contributed by atoms with Crippen molar-refractivity contribution in [1.29, 1.82) is 0 Å². The fourth-order valence-electron chi connectivity index (χ4n) is 2.59. The van der Waals surface area contributed by atoms with Gasteiger partial charge < -0.3 is 0 Å². The molecule has 2 fully saturated rings. The first kappa shape index (κ1) is 11.6. The van der Waals surface area contributed by atoms with Gasteiger partial charge in [0.05, 0.1) is 10.8 Å². The van der Waals surface area contributed by atoms with Crippen molar-refractivity contribution in [1.82, 2.24) is 5.32 Å². The Morgan fingerprint density at radius 1 is 1.40 bits per heavy atom. The van der Waals surface area contributed by atoms with E-state index in [1.54, 1.807) is 11.8 Å². The van der Waals surface area contributed by atoms with Gasteiger partial charge in [-0.15, -0.1) is 11.8 Å². The normalized spacial score (nSPS) is 42.4. The zero-order valence-electron chi connectivity index (χ0n) is 8.73. The molecule has 1 saturated carbocycles. The Morgan fingerprint density at radius 3 is 2.67 bits per heavy atom. The van der Waals surface area contributed by atoms with E-state index in [0.717, 1.165) is 12.2 Å². The SMILES string of the molecule is CC1CSC2(CCCC(C(F)(F)F)C2)N1. The van der Waals surface area contributed by atoms with Crippen molar-refractivity contribution >= 4 is 11.8 Å². The summed E-state index contributed by atoms with van der Waals surface area (Å²) in [7, 11) is 0. The van der Waals surface area contributed by atoms with Gasteiger partial charge in [0.2, 0.25) is 0 Å². The molecule has 3 atom stereocenters. The highest BCUT2D eigenvalue weighted by atomic mass is 32.2. The monoisotopic (exact) mass is 239 g/mol. The van der Waals surface area contributed by atoms with Crippen LogP contribution in [-0.4, -0.2) is 22.8 Å². The highest BCUT2D eigenvalue weighted by molar-refractivity contribution is 8.00. The Morgan fingerprint density at radius 2 is 2.13 bits per heavy atom. The van der Waals surface area contributed by atoms with Gasteiger partial charge in [-0.05, 0) is 26.2 Å². The molecule has 0 bridgehead atoms. The van der Waals surface area contributed by atoms with Crippen LogP contribution in [-0.2, 0) is 0 Å². The smallest absolute Gasteiger partial charge is 0.299 e. The number of rotatable bonds is 0. The molecule has 0 aromatic heterocycles. The van der Waals surface area contributed by atoms with Crippen molar-refractivity contribution < 1.29 is 13.2 Å². The van der Waals surface area contributed by atoms with Crippen molar-refractivity contribution in [3.63, 3.8) is 0 Å². The summed E-state index contributed by atoms with van der Waals surface area (Å²) in [6.07, 6.45) is -1.87. The van der Waals surface area contributed by atoms with E-state index in [2.05, 4.69) is 5.32 Å². The van der Waals surface area contributed by atoms with Crippen LogP contribution in [0.5, 0.6) is 0 Å². The van der Waals surface area contributed by atoms with Crippen molar-refractivity contribution in [2.45, 2.75) is 49.7 Å². The van der Waals surface area contributed by atoms with Gasteiger partial charge >= 0.3 is 6.18 Å². The number of halogens is 3. The first-order chi connectivity index (χ1) is 6.91. The largest absolute Gasteiger partial charge is 0.391 e. The third kappa shape index (κ3) is 2.44. The second-order valence-electron chi connectivity index (χ2n) is 4.69. The van der Waals surface area contributed by atoms with Crippen molar-refractivity contribution in [3.8, 4) is 0 Å². The molecule has 0 amide bonds. The van der Waals surface area contributed by atoms with Crippen LogP contribution >= 0.6 is 11.8 Å². The van der Waals surface area contributed by atoms with Gasteiger partial charge in [0.15, 0.2) is 0 Å². The Bertz CT molecular complexity index is 239. The van der Waals surface area contributed by atoms with E-state index in [4.69, 9.17) is 0 Å². The minimum absolute atomic E-state index is 0.255. The van der Waals surface area contributed by atoms with Crippen LogP contribution in [0.1, 0.15) is 32.6 Å². The average molecular weight is 239 g/mol. The number of nitrogens with one attached hydrogen (secondary N) is 1. The van der Waals surface area contributed by atoms with Crippen LogP contribution < -0.4 is 5.32 Å². The topological polar surface area (TPSA) is 12.0 Å². The van der Waals surface area contributed by atoms with Gasteiger partial charge in [-0.25, -0.2) is 0 Å². The second kappa shape index (κ2) is 3.84. The number of hydrogen-bond acceptors (Lipinski definition) is 2. The van der Waals surface area contributed by atoms with Crippen LogP contribution in [0.25, 0.3) is 0 Å². The molecular formula is C10H16F3NS. The quantitative estimate of drug-likeness (QED) is 0.697. The maximum absolute atomic E-state index is 12.6. The first-order valence-corrected chi connectivity index (χ1v) is 6.38. The molecule has 1 heterocycles. The minimum Gasteiger partial charge on any atom is -0.299 e. The molecule has 3 unspecified atom stereocenters. The standard InChI is InChI=1S/C10H16F3NS/c1-7-6-15-9(14-7)4-2-3-8(5-9)10(11,12)13/h7-8,14H,2-6H2,1H3. The molecule has 1 aliphatic heterocycles. The number of alkyl halides is 3. The van der Waals surface area contributed by atoms with Crippen molar-refractivity contribution in [2.75, 3.05) is 5.75 Å². The second-order valence-corrected chi connectivity index (χ2v) is 6.09. The van der Waals surface area contributed by atoms with E-state index in [1.807, 2.05) is 6.92 Å². The molecule has 1 saturated heterocycles. The van der Waals surface area contributed by atoms with Crippen LogP contribution in [0.3, 0.4) is 0 Å². The highest BCUT2D eigenvalue weighted by Crippen LogP contribution is 2.48. The lowest BCUT2D eigenvalue weighted by molar-refractivity contribution is -0.184. The third-order valence-corrected chi connectivity index (χ3v) is 5.00. The Kier molecular flexibility index (Phi) is 2.97. The fraction of sp³-hybridized carbons (Fsp3) is 1.00. The van der Waals surface area contributed by atoms with Gasteiger partial charge in [-0.1, -0.05) is 6.42 Å². The summed E-state index contributed by atoms with van der Waals surface area (Å²) >= 11 is 1.68. The van der Waals surface area contributed by atoms with E-state index in [-0.39, 0.29) is 11.3 Å². The molecule has 1 aliphatic carbocycles. The van der Waals surface area contributed by atoms with E-state index >= 15 is 0 Å². The summed E-state index contributed by atoms with van der Waals surface area (Å²) in [6.45, 7) is 2.04. The van der Waals surface area contributed by atoms with E-state index in [9.17, 15) is 13.2 Å². The summed E-state index contributed by atoms with van der Waals surface area (Å²) in [5.41, 5.74) is 0. The zero-order chi connectivity index (χ0) is 11.1. The predicted molar refractivity (Wildman–Crippen MR) is 55.8 cm³/mol. The maximum Gasteiger partial charge on any atom is 0.391 e. The molecular weight excluding hydrogens is 223 g/mol. The van der Waals surface area contributed by atoms with Gasteiger partial charge in [-0.2, -0.15) is 13.2 Å². The summed E-state index contributed by atoms with van der Waals surface area (Å²) in [6, 6.07) is 0.349. The average Bonchev–Trinajstić information content (AvgIpc) is 2.46. The van der Waals surface area contributed by atoms with Crippen molar-refractivity contribution in [3.05, 3.63) is 0 Å². The fourth-order valence-corrected chi connectivity index (χ4v) is 4.14. The van der Waals surface area contributed by atoms with Gasteiger partial charge in [-0.3, -0.25) is 5.32 Å². The molecule has 0 aromatic carbocycles. The number of thioether (sulfide) groups is 1. The Balaban J connectivity index is 2.04. The van der Waals surface area contributed by atoms with Gasteiger partial charge in [0.25, 0.3) is 0 Å². The molecule has 0 radical (unpaired) electrons. The third-order valence-electron chi connectivity index (χ3n) is 3.29. The Hall–Kier alpha value is 0.1000. The van der Waals surface area contributed by atoms with Gasteiger partial charge in [0, 0.05) is 11.8 Å². The minimum atomic E-state index is -4.01. The van der Waals surface area contributed by atoms with Crippen molar-refractivity contribution in [2.24, 2.45) is 5.92 Å². The molecule has 2 rings (SSSR count). The molecule has 88 valence electrons. The first-order valence-electron chi connectivity index (χ1n) is 5.40. The maximum atomic E-state index is 12.6. The predicted octanol–water partition coefficient (Wildman–Crippen LogP) is 3.16. The molecule has 5 heteroatoms. The molecule has 15 heavy (non-hydrogen) atoms. The lowest BCUT2D eigenvalue weighted by atomic mass is 9.84. The van der Waals surface area contributed by atoms with E-state index < -0.39 is 12.1 Å². The van der Waals surface area contributed by atoms with E-state index in [0.29, 0.717) is 18.9 Å². The summed E-state index contributed by atoms with van der Waals surface area (Å²) in [5, 5.41) is 3.33. The summed E-state index contributed by atoms with van der Waals surface area (Å²) in [5.74, 6) is -0.165. The molecule has 1 N–H and O–H groups in total. The van der Waals surface area contributed by atoms with Gasteiger partial charge in [0.1, 0.15) is 0 Å². The molecule has 0 aromatic rings. The Labute approximate surface area is 92.2 Å². The molecule has 1 nitrogen and oxygen atoms in total. The number of hydrogen-bond donors (Lipinski definition) is 1. The lowest BCUT2D eigenvalue weighted by Crippen LogP contribution is -2.47. The molecule has 2 aliphatic rings. The summed E-state index contributed by atoms with van der Waals surface area (Å²) < 4.78 is 37.9. The summed E-state index contributed by atoms with van der Waals surface area (Å²) in [4.78, 5) is -0.280.